The lowest BCUT2D eigenvalue weighted by Gasteiger charge is -2.31. The van der Waals surface area contributed by atoms with Crippen LogP contribution in [0.25, 0.3) is 0 Å². The molecule has 2 N–H and O–H groups in total. The molecule has 2 fully saturated rings. The summed E-state index contributed by atoms with van der Waals surface area (Å²) in [7, 11) is 0. The van der Waals surface area contributed by atoms with Crippen molar-refractivity contribution in [2.24, 2.45) is 11.8 Å². The molecule has 0 spiro atoms. The standard InChI is InChI=1S/C15H22N4O2/c1-2-12-9-13(18-17-12)16-14(20)10-5-7-19(8-6-10)15(21)11-3-4-11/h9-11H,2-8H2,1H3,(H2,16,17,18,20). The van der Waals surface area contributed by atoms with Gasteiger partial charge in [-0.2, -0.15) is 5.10 Å². The van der Waals surface area contributed by atoms with Gasteiger partial charge in [0.1, 0.15) is 0 Å². The van der Waals surface area contributed by atoms with E-state index in [1.54, 1.807) is 0 Å². The predicted octanol–water partition coefficient (Wildman–Crippen LogP) is 1.56. The second kappa shape index (κ2) is 5.87. The number of rotatable bonds is 4. The normalized spacial score (nSPS) is 19.6. The number of anilines is 1. The number of aromatic amines is 1. The molecule has 2 heterocycles. The predicted molar refractivity (Wildman–Crippen MR) is 78.6 cm³/mol. The van der Waals surface area contributed by atoms with E-state index >= 15 is 0 Å². The fraction of sp³-hybridized carbons (Fsp3) is 0.667. The number of amides is 2. The first-order valence-corrected chi connectivity index (χ1v) is 7.81. The molecule has 0 aromatic carbocycles. The van der Waals surface area contributed by atoms with Gasteiger partial charge in [0.2, 0.25) is 11.8 Å². The quantitative estimate of drug-likeness (QED) is 0.883. The monoisotopic (exact) mass is 290 g/mol. The Labute approximate surface area is 124 Å². The molecule has 1 saturated carbocycles. The smallest absolute Gasteiger partial charge is 0.228 e. The summed E-state index contributed by atoms with van der Waals surface area (Å²) in [5.41, 5.74) is 1.01. The van der Waals surface area contributed by atoms with Gasteiger partial charge in [-0.25, -0.2) is 0 Å². The lowest BCUT2D eigenvalue weighted by Crippen LogP contribution is -2.42. The molecule has 2 aliphatic rings. The largest absolute Gasteiger partial charge is 0.342 e. The second-order valence-electron chi connectivity index (χ2n) is 6.00. The number of likely N-dealkylation sites (tertiary alicyclic amines) is 1. The number of carbonyl (C=O) groups excluding carboxylic acids is 2. The Morgan fingerprint density at radius 3 is 2.57 bits per heavy atom. The molecule has 0 bridgehead atoms. The number of piperidine rings is 1. The molecular formula is C15H22N4O2. The van der Waals surface area contributed by atoms with Crippen LogP contribution in [-0.4, -0.2) is 40.0 Å². The van der Waals surface area contributed by atoms with Gasteiger partial charge in [-0.1, -0.05) is 6.92 Å². The number of nitrogens with one attached hydrogen (secondary N) is 2. The van der Waals surface area contributed by atoms with Gasteiger partial charge in [0.25, 0.3) is 0 Å². The number of aryl methyl sites for hydroxylation is 1. The molecular weight excluding hydrogens is 268 g/mol. The summed E-state index contributed by atoms with van der Waals surface area (Å²) >= 11 is 0. The number of H-pyrrole nitrogens is 1. The maximum absolute atomic E-state index is 12.2. The van der Waals surface area contributed by atoms with Crippen molar-refractivity contribution in [1.29, 1.82) is 0 Å². The molecule has 0 atom stereocenters. The van der Waals surface area contributed by atoms with Crippen LogP contribution in [0.4, 0.5) is 5.82 Å². The number of hydrogen-bond acceptors (Lipinski definition) is 3. The molecule has 0 radical (unpaired) electrons. The molecule has 0 unspecified atom stereocenters. The second-order valence-corrected chi connectivity index (χ2v) is 6.00. The van der Waals surface area contributed by atoms with E-state index in [4.69, 9.17) is 0 Å². The van der Waals surface area contributed by atoms with Gasteiger partial charge in [0.15, 0.2) is 5.82 Å². The molecule has 114 valence electrons. The van der Waals surface area contributed by atoms with Gasteiger partial charge in [0, 0.05) is 36.7 Å². The first kappa shape index (κ1) is 14.1. The maximum Gasteiger partial charge on any atom is 0.228 e. The van der Waals surface area contributed by atoms with Crippen LogP contribution in [0.15, 0.2) is 6.07 Å². The summed E-state index contributed by atoms with van der Waals surface area (Å²) in [6, 6.07) is 1.86. The Hall–Kier alpha value is -1.85. The number of carbonyl (C=O) groups is 2. The summed E-state index contributed by atoms with van der Waals surface area (Å²) in [4.78, 5) is 26.1. The van der Waals surface area contributed by atoms with E-state index < -0.39 is 0 Å². The zero-order valence-electron chi connectivity index (χ0n) is 12.4. The number of hydrogen-bond donors (Lipinski definition) is 2. The summed E-state index contributed by atoms with van der Waals surface area (Å²) in [6.07, 6.45) is 4.44. The summed E-state index contributed by atoms with van der Waals surface area (Å²) in [5, 5.41) is 9.82. The minimum atomic E-state index is -0.0185. The molecule has 6 heteroatoms. The van der Waals surface area contributed by atoms with E-state index in [0.29, 0.717) is 18.9 Å². The van der Waals surface area contributed by atoms with E-state index in [1.165, 1.54) is 0 Å². The van der Waals surface area contributed by atoms with E-state index in [2.05, 4.69) is 15.5 Å². The van der Waals surface area contributed by atoms with Crippen LogP contribution in [0, 0.1) is 11.8 Å². The topological polar surface area (TPSA) is 78.1 Å². The molecule has 1 saturated heterocycles. The van der Waals surface area contributed by atoms with Gasteiger partial charge in [-0.3, -0.25) is 14.7 Å². The third-order valence-electron chi connectivity index (χ3n) is 4.37. The fourth-order valence-corrected chi connectivity index (χ4v) is 2.79. The summed E-state index contributed by atoms with van der Waals surface area (Å²) < 4.78 is 0. The van der Waals surface area contributed by atoms with Crippen molar-refractivity contribution in [3.05, 3.63) is 11.8 Å². The Balaban J connectivity index is 1.49. The highest BCUT2D eigenvalue weighted by molar-refractivity contribution is 5.92. The van der Waals surface area contributed by atoms with Gasteiger partial charge >= 0.3 is 0 Å². The van der Waals surface area contributed by atoms with Crippen molar-refractivity contribution >= 4 is 17.6 Å². The minimum Gasteiger partial charge on any atom is -0.342 e. The Bertz CT molecular complexity index is 528. The van der Waals surface area contributed by atoms with Gasteiger partial charge in [-0.05, 0) is 32.1 Å². The molecule has 2 amide bonds. The number of nitrogens with zero attached hydrogens (tertiary/aromatic N) is 2. The molecule has 1 aromatic heterocycles. The Morgan fingerprint density at radius 2 is 2.00 bits per heavy atom. The average molecular weight is 290 g/mol. The van der Waals surface area contributed by atoms with E-state index in [1.807, 2.05) is 17.9 Å². The first-order chi connectivity index (χ1) is 10.2. The zero-order chi connectivity index (χ0) is 14.8. The van der Waals surface area contributed by atoms with Crippen molar-refractivity contribution in [2.45, 2.75) is 39.0 Å². The van der Waals surface area contributed by atoms with Crippen molar-refractivity contribution in [3.8, 4) is 0 Å². The molecule has 1 aliphatic carbocycles. The third-order valence-corrected chi connectivity index (χ3v) is 4.37. The van der Waals surface area contributed by atoms with Crippen molar-refractivity contribution in [1.82, 2.24) is 15.1 Å². The van der Waals surface area contributed by atoms with Crippen molar-refractivity contribution in [3.63, 3.8) is 0 Å². The Morgan fingerprint density at radius 1 is 1.29 bits per heavy atom. The van der Waals surface area contributed by atoms with Crippen LogP contribution in [0.5, 0.6) is 0 Å². The third kappa shape index (κ3) is 3.25. The van der Waals surface area contributed by atoms with E-state index in [9.17, 15) is 9.59 Å². The highest BCUT2D eigenvalue weighted by Gasteiger charge is 2.35. The lowest BCUT2D eigenvalue weighted by atomic mass is 9.95. The van der Waals surface area contributed by atoms with Gasteiger partial charge in [-0.15, -0.1) is 0 Å². The fourth-order valence-electron chi connectivity index (χ4n) is 2.79. The highest BCUT2D eigenvalue weighted by atomic mass is 16.2. The number of aromatic nitrogens is 2. The molecule has 6 nitrogen and oxygen atoms in total. The summed E-state index contributed by atoms with van der Waals surface area (Å²) in [6.45, 7) is 3.44. The van der Waals surface area contributed by atoms with E-state index in [0.717, 1.165) is 37.8 Å². The van der Waals surface area contributed by atoms with Crippen LogP contribution in [-0.2, 0) is 16.0 Å². The van der Waals surface area contributed by atoms with Crippen molar-refractivity contribution in [2.75, 3.05) is 18.4 Å². The molecule has 1 aromatic rings. The molecule has 21 heavy (non-hydrogen) atoms. The lowest BCUT2D eigenvalue weighted by molar-refractivity contribution is -0.135. The van der Waals surface area contributed by atoms with Gasteiger partial charge < -0.3 is 10.2 Å². The average Bonchev–Trinajstić information content (AvgIpc) is 3.27. The molecule has 1 aliphatic heterocycles. The first-order valence-electron chi connectivity index (χ1n) is 7.81. The zero-order valence-corrected chi connectivity index (χ0v) is 12.4. The van der Waals surface area contributed by atoms with Crippen LogP contribution in [0.2, 0.25) is 0 Å². The molecule has 3 rings (SSSR count). The minimum absolute atomic E-state index is 0.0164. The van der Waals surface area contributed by atoms with Crippen LogP contribution in [0.3, 0.4) is 0 Å². The Kier molecular flexibility index (Phi) is 3.94. The maximum atomic E-state index is 12.2. The van der Waals surface area contributed by atoms with Crippen LogP contribution in [0.1, 0.15) is 38.3 Å². The van der Waals surface area contributed by atoms with Crippen LogP contribution >= 0.6 is 0 Å². The summed E-state index contributed by atoms with van der Waals surface area (Å²) in [5.74, 6) is 1.15. The SMILES string of the molecule is CCc1cc(NC(=O)C2CCN(C(=O)C3CC3)CC2)n[nH]1. The van der Waals surface area contributed by atoms with E-state index in [-0.39, 0.29) is 23.7 Å². The van der Waals surface area contributed by atoms with Gasteiger partial charge in [0.05, 0.1) is 0 Å². The highest BCUT2D eigenvalue weighted by Crippen LogP contribution is 2.32. The van der Waals surface area contributed by atoms with Crippen molar-refractivity contribution < 1.29 is 9.59 Å². The van der Waals surface area contributed by atoms with Crippen LogP contribution < -0.4 is 5.32 Å².